The summed E-state index contributed by atoms with van der Waals surface area (Å²) in [5.41, 5.74) is 2.90. The molecular formula is C14H11ClN2S. The van der Waals surface area contributed by atoms with Gasteiger partial charge in [0.05, 0.1) is 5.02 Å². The van der Waals surface area contributed by atoms with Crippen LogP contribution in [0.15, 0.2) is 53.7 Å². The van der Waals surface area contributed by atoms with Gasteiger partial charge in [-0.15, -0.1) is 11.8 Å². The summed E-state index contributed by atoms with van der Waals surface area (Å²) in [6, 6.07) is 14.0. The first kappa shape index (κ1) is 11.6. The molecule has 0 saturated carbocycles. The van der Waals surface area contributed by atoms with Crippen LogP contribution in [-0.2, 0) is 0 Å². The third kappa shape index (κ3) is 1.80. The molecule has 2 aromatic heterocycles. The van der Waals surface area contributed by atoms with Crippen LogP contribution in [0, 0.1) is 0 Å². The first-order chi connectivity index (χ1) is 8.81. The van der Waals surface area contributed by atoms with E-state index in [1.165, 1.54) is 0 Å². The first-order valence-corrected chi connectivity index (χ1v) is 7.17. The van der Waals surface area contributed by atoms with Gasteiger partial charge in [0, 0.05) is 11.8 Å². The quantitative estimate of drug-likeness (QED) is 0.645. The maximum atomic E-state index is 6.19. The first-order valence-electron chi connectivity index (χ1n) is 5.57. The Morgan fingerprint density at radius 3 is 2.61 bits per heavy atom. The molecule has 0 radical (unpaired) electrons. The van der Waals surface area contributed by atoms with Crippen molar-refractivity contribution in [3.05, 3.63) is 53.7 Å². The van der Waals surface area contributed by atoms with E-state index in [9.17, 15) is 0 Å². The minimum absolute atomic E-state index is 0.676. The van der Waals surface area contributed by atoms with Gasteiger partial charge in [0.25, 0.3) is 0 Å². The molecule has 1 aromatic carbocycles. The molecule has 4 heteroatoms. The molecule has 0 bridgehead atoms. The van der Waals surface area contributed by atoms with Crippen molar-refractivity contribution in [3.63, 3.8) is 0 Å². The summed E-state index contributed by atoms with van der Waals surface area (Å²) in [6.45, 7) is 0. The van der Waals surface area contributed by atoms with Gasteiger partial charge in [0.2, 0.25) is 0 Å². The second-order valence-electron chi connectivity index (χ2n) is 3.89. The average Bonchev–Trinajstić information content (AvgIpc) is 2.80. The van der Waals surface area contributed by atoms with Gasteiger partial charge in [-0.2, -0.15) is 0 Å². The fourth-order valence-electron chi connectivity index (χ4n) is 1.99. The van der Waals surface area contributed by atoms with E-state index in [-0.39, 0.29) is 0 Å². The maximum absolute atomic E-state index is 6.19. The minimum Gasteiger partial charge on any atom is -0.293 e. The Kier molecular flexibility index (Phi) is 3.02. The number of benzene rings is 1. The molecule has 0 atom stereocenters. The number of hydrogen-bond acceptors (Lipinski definition) is 2. The average molecular weight is 275 g/mol. The van der Waals surface area contributed by atoms with Gasteiger partial charge in [0.1, 0.15) is 10.7 Å². The number of fused-ring (bicyclic) bond motifs is 1. The molecule has 0 N–H and O–H groups in total. The number of hydrogen-bond donors (Lipinski definition) is 0. The van der Waals surface area contributed by atoms with E-state index in [0.717, 1.165) is 21.9 Å². The van der Waals surface area contributed by atoms with Gasteiger partial charge in [-0.05, 0) is 18.4 Å². The van der Waals surface area contributed by atoms with E-state index in [2.05, 4.69) is 23.4 Å². The van der Waals surface area contributed by atoms with Crippen molar-refractivity contribution >= 4 is 29.0 Å². The number of imidazole rings is 1. The highest BCUT2D eigenvalue weighted by molar-refractivity contribution is 7.98. The molecule has 2 heterocycles. The van der Waals surface area contributed by atoms with Gasteiger partial charge in [-0.1, -0.05) is 41.9 Å². The third-order valence-corrected chi connectivity index (χ3v) is 3.87. The normalized spacial score (nSPS) is 11.0. The van der Waals surface area contributed by atoms with Crippen molar-refractivity contribution < 1.29 is 0 Å². The lowest BCUT2D eigenvalue weighted by molar-refractivity contribution is 1.05. The molecular weight excluding hydrogens is 264 g/mol. The Balaban J connectivity index is 2.33. The van der Waals surface area contributed by atoms with Crippen LogP contribution >= 0.6 is 23.4 Å². The number of halogens is 1. The molecule has 0 aliphatic heterocycles. The van der Waals surface area contributed by atoms with Crippen LogP contribution in [-0.4, -0.2) is 15.6 Å². The van der Waals surface area contributed by atoms with E-state index in [0.29, 0.717) is 5.02 Å². The lowest BCUT2D eigenvalue weighted by Crippen LogP contribution is -1.86. The molecule has 0 spiro atoms. The van der Waals surface area contributed by atoms with Crippen molar-refractivity contribution in [1.82, 2.24) is 9.38 Å². The van der Waals surface area contributed by atoms with Gasteiger partial charge < -0.3 is 0 Å². The Hall–Kier alpha value is -1.45. The smallest absolute Gasteiger partial charge is 0.157 e. The second-order valence-corrected chi connectivity index (χ2v) is 5.09. The fraction of sp³-hybridized carbons (Fsp3) is 0.0714. The Morgan fingerprint density at radius 2 is 1.89 bits per heavy atom. The van der Waals surface area contributed by atoms with E-state index in [4.69, 9.17) is 11.6 Å². The summed E-state index contributed by atoms with van der Waals surface area (Å²) < 4.78 is 2.04. The molecule has 2 nitrogen and oxygen atoms in total. The molecule has 0 fully saturated rings. The molecule has 0 saturated heterocycles. The summed E-state index contributed by atoms with van der Waals surface area (Å²) in [5.74, 6) is 0. The van der Waals surface area contributed by atoms with E-state index in [1.807, 2.05) is 40.9 Å². The highest BCUT2D eigenvalue weighted by Gasteiger charge is 2.14. The summed E-state index contributed by atoms with van der Waals surface area (Å²) in [5, 5.41) is 1.79. The second kappa shape index (κ2) is 4.67. The number of rotatable bonds is 2. The van der Waals surface area contributed by atoms with Crippen molar-refractivity contribution in [2.45, 2.75) is 5.03 Å². The fourth-order valence-corrected chi connectivity index (χ4v) is 2.90. The Morgan fingerprint density at radius 1 is 1.11 bits per heavy atom. The summed E-state index contributed by atoms with van der Waals surface area (Å²) in [7, 11) is 0. The highest BCUT2D eigenvalue weighted by atomic mass is 35.5. The van der Waals surface area contributed by atoms with Crippen LogP contribution in [0.3, 0.4) is 0 Å². The number of aromatic nitrogens is 2. The van der Waals surface area contributed by atoms with E-state index >= 15 is 0 Å². The standard InChI is InChI=1S/C14H11ClN2S/c1-18-14-12(10-6-3-2-4-7-10)16-13-11(15)8-5-9-17(13)14/h2-9H,1H3. The topological polar surface area (TPSA) is 17.3 Å². The molecule has 18 heavy (non-hydrogen) atoms. The third-order valence-electron chi connectivity index (χ3n) is 2.80. The zero-order valence-corrected chi connectivity index (χ0v) is 11.4. The zero-order chi connectivity index (χ0) is 12.5. The van der Waals surface area contributed by atoms with Crippen LogP contribution in [0.4, 0.5) is 0 Å². The predicted molar refractivity (Wildman–Crippen MR) is 77.4 cm³/mol. The molecule has 90 valence electrons. The number of nitrogens with zero attached hydrogens (tertiary/aromatic N) is 2. The summed E-state index contributed by atoms with van der Waals surface area (Å²) in [6.07, 6.45) is 4.04. The van der Waals surface area contributed by atoms with Crippen molar-refractivity contribution in [3.8, 4) is 11.3 Å². The largest absolute Gasteiger partial charge is 0.293 e. The monoisotopic (exact) mass is 274 g/mol. The zero-order valence-electron chi connectivity index (χ0n) is 9.80. The van der Waals surface area contributed by atoms with Gasteiger partial charge in [-0.25, -0.2) is 4.98 Å². The molecule has 0 unspecified atom stereocenters. The Labute approximate surface area is 115 Å². The van der Waals surface area contributed by atoms with Crippen molar-refractivity contribution in [1.29, 1.82) is 0 Å². The van der Waals surface area contributed by atoms with Crippen LogP contribution in [0.5, 0.6) is 0 Å². The van der Waals surface area contributed by atoms with Gasteiger partial charge in [0.15, 0.2) is 5.65 Å². The van der Waals surface area contributed by atoms with Crippen LogP contribution < -0.4 is 0 Å². The van der Waals surface area contributed by atoms with Crippen LogP contribution in [0.2, 0.25) is 5.02 Å². The van der Waals surface area contributed by atoms with E-state index in [1.54, 1.807) is 11.8 Å². The van der Waals surface area contributed by atoms with E-state index < -0.39 is 0 Å². The number of thioether (sulfide) groups is 1. The molecule has 0 aliphatic carbocycles. The molecule has 0 amide bonds. The summed E-state index contributed by atoms with van der Waals surface area (Å²) in [4.78, 5) is 4.66. The van der Waals surface area contributed by atoms with Crippen LogP contribution in [0.1, 0.15) is 0 Å². The molecule has 0 aliphatic rings. The van der Waals surface area contributed by atoms with Crippen molar-refractivity contribution in [2.75, 3.05) is 6.26 Å². The lowest BCUT2D eigenvalue weighted by atomic mass is 10.2. The van der Waals surface area contributed by atoms with Crippen molar-refractivity contribution in [2.24, 2.45) is 0 Å². The lowest BCUT2D eigenvalue weighted by Gasteiger charge is -2.01. The van der Waals surface area contributed by atoms with Gasteiger partial charge >= 0.3 is 0 Å². The summed E-state index contributed by atoms with van der Waals surface area (Å²) >= 11 is 7.87. The molecule has 3 aromatic rings. The molecule has 3 rings (SSSR count). The van der Waals surface area contributed by atoms with Crippen LogP contribution in [0.25, 0.3) is 16.9 Å². The predicted octanol–water partition coefficient (Wildman–Crippen LogP) is 4.38. The number of pyridine rings is 1. The SMILES string of the molecule is CSc1c(-c2ccccc2)nc2c(Cl)cccn12. The maximum Gasteiger partial charge on any atom is 0.157 e. The minimum atomic E-state index is 0.676. The Bertz CT molecular complexity index is 692. The highest BCUT2D eigenvalue weighted by Crippen LogP contribution is 2.32. The van der Waals surface area contributed by atoms with Gasteiger partial charge in [-0.3, -0.25) is 4.40 Å².